The van der Waals surface area contributed by atoms with E-state index in [1.807, 2.05) is 25.1 Å². The van der Waals surface area contributed by atoms with Crippen LogP contribution in [0.5, 0.6) is 11.5 Å². The maximum absolute atomic E-state index is 13.6. The summed E-state index contributed by atoms with van der Waals surface area (Å²) in [4.78, 5) is 18.5. The Labute approximate surface area is 256 Å². The molecule has 0 amide bonds. The van der Waals surface area contributed by atoms with E-state index in [0.29, 0.717) is 55.5 Å². The molecule has 1 saturated carbocycles. The molecule has 1 aliphatic rings. The SMILES string of the molecule is CCOc1cc(C=Nn2c(C3CCCCC3)nc3ccc(Br)cc3c2=O)cc(Cl)c1OCc1ccc(Cl)c(Cl)c1. The second kappa shape index (κ2) is 12.9. The van der Waals surface area contributed by atoms with Gasteiger partial charge in [-0.25, -0.2) is 4.98 Å². The average Bonchev–Trinajstić information content (AvgIpc) is 2.95. The Balaban J connectivity index is 1.50. The van der Waals surface area contributed by atoms with E-state index in [0.717, 1.165) is 35.7 Å². The maximum Gasteiger partial charge on any atom is 0.282 e. The van der Waals surface area contributed by atoms with Gasteiger partial charge in [-0.15, -0.1) is 0 Å². The zero-order chi connectivity index (χ0) is 28.2. The first-order chi connectivity index (χ1) is 19.3. The van der Waals surface area contributed by atoms with Gasteiger partial charge in [0, 0.05) is 10.4 Å². The molecule has 40 heavy (non-hydrogen) atoms. The Morgan fingerprint density at radius 2 is 1.80 bits per heavy atom. The van der Waals surface area contributed by atoms with Crippen LogP contribution in [0.15, 0.2) is 62.9 Å². The smallest absolute Gasteiger partial charge is 0.282 e. The van der Waals surface area contributed by atoms with E-state index in [1.165, 1.54) is 11.1 Å². The van der Waals surface area contributed by atoms with Crippen LogP contribution >= 0.6 is 50.7 Å². The normalized spacial score (nSPS) is 14.2. The fourth-order valence-corrected chi connectivity index (χ4v) is 5.83. The van der Waals surface area contributed by atoms with E-state index in [2.05, 4.69) is 21.0 Å². The van der Waals surface area contributed by atoms with Crippen LogP contribution in [0.3, 0.4) is 0 Å². The fourth-order valence-electron chi connectivity index (χ4n) is 4.88. The van der Waals surface area contributed by atoms with Gasteiger partial charge in [-0.05, 0) is 73.4 Å². The summed E-state index contributed by atoms with van der Waals surface area (Å²) in [5, 5.41) is 6.42. The average molecular weight is 664 g/mol. The highest BCUT2D eigenvalue weighted by Crippen LogP contribution is 2.37. The van der Waals surface area contributed by atoms with Crippen molar-refractivity contribution >= 4 is 67.9 Å². The van der Waals surface area contributed by atoms with E-state index in [-0.39, 0.29) is 18.1 Å². The summed E-state index contributed by atoms with van der Waals surface area (Å²) in [5.41, 5.74) is 1.96. The van der Waals surface area contributed by atoms with Crippen LogP contribution in [-0.2, 0) is 6.61 Å². The van der Waals surface area contributed by atoms with Crippen LogP contribution in [0.2, 0.25) is 15.1 Å². The number of nitrogens with zero attached hydrogens (tertiary/aromatic N) is 3. The molecule has 0 aliphatic heterocycles. The molecule has 3 aromatic carbocycles. The molecule has 0 bridgehead atoms. The maximum atomic E-state index is 13.6. The summed E-state index contributed by atoms with van der Waals surface area (Å²) in [7, 11) is 0. The Kier molecular flexibility index (Phi) is 9.36. The highest BCUT2D eigenvalue weighted by atomic mass is 79.9. The van der Waals surface area contributed by atoms with Gasteiger partial charge in [-0.2, -0.15) is 9.78 Å². The van der Waals surface area contributed by atoms with Gasteiger partial charge in [0.2, 0.25) is 0 Å². The molecule has 1 aromatic heterocycles. The van der Waals surface area contributed by atoms with Crippen molar-refractivity contribution in [2.24, 2.45) is 5.10 Å². The summed E-state index contributed by atoms with van der Waals surface area (Å²) < 4.78 is 14.1. The summed E-state index contributed by atoms with van der Waals surface area (Å²) >= 11 is 22.3. The van der Waals surface area contributed by atoms with Crippen molar-refractivity contribution in [3.05, 3.63) is 95.4 Å². The summed E-state index contributed by atoms with van der Waals surface area (Å²) in [6.07, 6.45) is 6.99. The monoisotopic (exact) mass is 661 g/mol. The van der Waals surface area contributed by atoms with Gasteiger partial charge in [-0.3, -0.25) is 4.79 Å². The van der Waals surface area contributed by atoms with Crippen LogP contribution in [-0.4, -0.2) is 22.5 Å². The molecule has 0 saturated heterocycles. The number of hydrogen-bond acceptors (Lipinski definition) is 5. The molecule has 4 aromatic rings. The summed E-state index contributed by atoms with van der Waals surface area (Å²) in [5.74, 6) is 1.74. The minimum absolute atomic E-state index is 0.173. The first-order valence-corrected chi connectivity index (χ1v) is 15.1. The number of ether oxygens (including phenoxy) is 2. The van der Waals surface area contributed by atoms with Crippen LogP contribution in [0.1, 0.15) is 61.9 Å². The molecular formula is C30H27BrCl3N3O3. The summed E-state index contributed by atoms with van der Waals surface area (Å²) in [6.45, 7) is 2.52. The minimum Gasteiger partial charge on any atom is -0.490 e. The molecule has 1 heterocycles. The zero-order valence-corrected chi connectivity index (χ0v) is 25.7. The number of halogens is 4. The quantitative estimate of drug-likeness (QED) is 0.177. The van der Waals surface area contributed by atoms with E-state index in [9.17, 15) is 4.79 Å². The van der Waals surface area contributed by atoms with Crippen molar-refractivity contribution in [1.82, 2.24) is 9.66 Å². The molecule has 10 heteroatoms. The van der Waals surface area contributed by atoms with Crippen molar-refractivity contribution in [3.8, 4) is 11.5 Å². The molecule has 0 spiro atoms. The first kappa shape index (κ1) is 28.9. The number of benzene rings is 3. The first-order valence-electron chi connectivity index (χ1n) is 13.1. The largest absolute Gasteiger partial charge is 0.490 e. The lowest BCUT2D eigenvalue weighted by Crippen LogP contribution is -2.25. The number of hydrogen-bond donors (Lipinski definition) is 0. The second-order valence-electron chi connectivity index (χ2n) is 9.63. The van der Waals surface area contributed by atoms with Crippen molar-refractivity contribution in [2.45, 2.75) is 51.6 Å². The third-order valence-corrected chi connectivity index (χ3v) is 8.34. The van der Waals surface area contributed by atoms with Gasteiger partial charge >= 0.3 is 0 Å². The zero-order valence-electron chi connectivity index (χ0n) is 21.8. The van der Waals surface area contributed by atoms with Crippen LogP contribution in [0.25, 0.3) is 10.9 Å². The van der Waals surface area contributed by atoms with Crippen molar-refractivity contribution in [2.75, 3.05) is 6.61 Å². The molecule has 0 radical (unpaired) electrons. The van der Waals surface area contributed by atoms with Crippen molar-refractivity contribution in [1.29, 1.82) is 0 Å². The molecule has 5 rings (SSSR count). The predicted molar refractivity (Wildman–Crippen MR) is 166 cm³/mol. The molecule has 0 atom stereocenters. The lowest BCUT2D eigenvalue weighted by Gasteiger charge is -2.22. The van der Waals surface area contributed by atoms with Gasteiger partial charge in [0.25, 0.3) is 5.56 Å². The second-order valence-corrected chi connectivity index (χ2v) is 11.8. The van der Waals surface area contributed by atoms with Gasteiger partial charge in [0.05, 0.1) is 38.8 Å². The van der Waals surface area contributed by atoms with E-state index < -0.39 is 0 Å². The molecule has 1 aliphatic carbocycles. The Hall–Kier alpha value is -2.58. The van der Waals surface area contributed by atoms with E-state index in [1.54, 1.807) is 36.5 Å². The fraction of sp³-hybridized carbons (Fsp3) is 0.300. The number of rotatable bonds is 8. The lowest BCUT2D eigenvalue weighted by atomic mass is 9.88. The number of fused-ring (bicyclic) bond motifs is 1. The topological polar surface area (TPSA) is 65.7 Å². The molecule has 0 unspecified atom stereocenters. The highest BCUT2D eigenvalue weighted by molar-refractivity contribution is 9.10. The van der Waals surface area contributed by atoms with Crippen molar-refractivity contribution in [3.63, 3.8) is 0 Å². The standard InChI is InChI=1S/C30H27BrCl3N3O3/c1-2-39-27-14-19(13-25(34)28(27)40-17-18-8-10-23(32)24(33)12-18)16-35-37-29(20-6-4-3-5-7-20)36-26-11-9-21(31)15-22(26)30(37)38/h8-16,20H,2-7,17H2,1H3. The molecular weight excluding hydrogens is 637 g/mol. The van der Waals surface area contributed by atoms with Gasteiger partial charge in [0.1, 0.15) is 12.4 Å². The molecule has 1 fully saturated rings. The van der Waals surface area contributed by atoms with Crippen LogP contribution in [0.4, 0.5) is 0 Å². The summed E-state index contributed by atoms with van der Waals surface area (Å²) in [6, 6.07) is 14.4. The Morgan fingerprint density at radius 3 is 2.55 bits per heavy atom. The Bertz CT molecular complexity index is 1630. The molecule has 6 nitrogen and oxygen atoms in total. The van der Waals surface area contributed by atoms with Gasteiger partial charge in [-0.1, -0.05) is 76.1 Å². The number of aromatic nitrogens is 2. The lowest BCUT2D eigenvalue weighted by molar-refractivity contribution is 0.269. The van der Waals surface area contributed by atoms with Gasteiger partial charge < -0.3 is 9.47 Å². The Morgan fingerprint density at radius 1 is 1.00 bits per heavy atom. The van der Waals surface area contributed by atoms with Crippen LogP contribution < -0.4 is 15.0 Å². The third kappa shape index (κ3) is 6.49. The minimum atomic E-state index is -0.208. The van der Waals surface area contributed by atoms with E-state index in [4.69, 9.17) is 49.3 Å². The third-order valence-electron chi connectivity index (χ3n) is 6.82. The molecule has 0 N–H and O–H groups in total. The molecule has 208 valence electrons. The van der Waals surface area contributed by atoms with E-state index >= 15 is 0 Å². The van der Waals surface area contributed by atoms with Crippen LogP contribution in [0, 0.1) is 0 Å². The van der Waals surface area contributed by atoms with Crippen molar-refractivity contribution < 1.29 is 9.47 Å². The predicted octanol–water partition coefficient (Wildman–Crippen LogP) is 9.03. The highest BCUT2D eigenvalue weighted by Gasteiger charge is 2.22. The van der Waals surface area contributed by atoms with Gasteiger partial charge in [0.15, 0.2) is 11.5 Å².